The van der Waals surface area contributed by atoms with Crippen LogP contribution in [0.2, 0.25) is 0 Å². The summed E-state index contributed by atoms with van der Waals surface area (Å²) in [5.74, 6) is 1.32. The van der Waals surface area contributed by atoms with Crippen LogP contribution in [0.3, 0.4) is 0 Å². The molecule has 1 aromatic carbocycles. The molecule has 1 heterocycles. The van der Waals surface area contributed by atoms with Crippen LogP contribution in [-0.4, -0.2) is 36.1 Å². The van der Waals surface area contributed by atoms with Crippen molar-refractivity contribution in [2.75, 3.05) is 20.3 Å². The molecule has 1 aromatic heterocycles. The molecule has 2 rings (SSSR count). The third-order valence-electron chi connectivity index (χ3n) is 3.24. The Morgan fingerprint density at radius 3 is 2.67 bits per heavy atom. The first-order chi connectivity index (χ1) is 11.6. The Morgan fingerprint density at radius 1 is 1.25 bits per heavy atom. The number of carbonyl (C=O) groups is 1. The lowest BCUT2D eigenvalue weighted by Gasteiger charge is -2.13. The van der Waals surface area contributed by atoms with Crippen LogP contribution in [0, 0.1) is 0 Å². The van der Waals surface area contributed by atoms with Gasteiger partial charge in [-0.2, -0.15) is 0 Å². The Labute approximate surface area is 146 Å². The highest BCUT2D eigenvalue weighted by molar-refractivity contribution is 7.07. The molecule has 0 saturated heterocycles. The molecule has 0 radical (unpaired) electrons. The van der Waals surface area contributed by atoms with Crippen molar-refractivity contribution in [2.45, 2.75) is 20.4 Å². The minimum Gasteiger partial charge on any atom is -0.490 e. The van der Waals surface area contributed by atoms with E-state index in [1.165, 1.54) is 11.3 Å². The normalized spacial score (nSPS) is 10.8. The van der Waals surface area contributed by atoms with E-state index in [9.17, 15) is 4.79 Å². The van der Waals surface area contributed by atoms with Gasteiger partial charge < -0.3 is 14.4 Å². The number of benzene rings is 1. The first kappa shape index (κ1) is 18.0. The topological polar surface area (TPSA) is 51.7 Å². The summed E-state index contributed by atoms with van der Waals surface area (Å²) in [6, 6.07) is 5.63. The summed E-state index contributed by atoms with van der Waals surface area (Å²) < 4.78 is 11.1. The van der Waals surface area contributed by atoms with Crippen LogP contribution in [0.25, 0.3) is 6.08 Å². The molecule has 24 heavy (non-hydrogen) atoms. The number of ether oxygens (including phenoxy) is 2. The minimum absolute atomic E-state index is 0.0742. The minimum atomic E-state index is -0.0742. The highest BCUT2D eigenvalue weighted by Gasteiger charge is 2.08. The number of hydrogen-bond acceptors (Lipinski definition) is 5. The lowest BCUT2D eigenvalue weighted by molar-refractivity contribution is -0.125. The fourth-order valence-corrected chi connectivity index (χ4v) is 2.65. The van der Waals surface area contributed by atoms with E-state index in [1.807, 2.05) is 37.4 Å². The number of hydrogen-bond donors (Lipinski definition) is 0. The molecule has 0 aliphatic carbocycles. The summed E-state index contributed by atoms with van der Waals surface area (Å²) >= 11 is 1.52. The van der Waals surface area contributed by atoms with Crippen LogP contribution in [0.15, 0.2) is 35.2 Å². The predicted molar refractivity (Wildman–Crippen MR) is 96.4 cm³/mol. The van der Waals surface area contributed by atoms with E-state index in [1.54, 1.807) is 29.6 Å². The van der Waals surface area contributed by atoms with E-state index in [-0.39, 0.29) is 5.91 Å². The first-order valence-electron chi connectivity index (χ1n) is 7.84. The second-order valence-corrected chi connectivity index (χ2v) is 5.80. The van der Waals surface area contributed by atoms with Crippen molar-refractivity contribution < 1.29 is 14.3 Å². The molecular weight excluding hydrogens is 324 g/mol. The molecule has 6 heteroatoms. The van der Waals surface area contributed by atoms with Crippen LogP contribution in [-0.2, 0) is 11.3 Å². The molecule has 2 aromatic rings. The fraction of sp³-hybridized carbons (Fsp3) is 0.333. The largest absolute Gasteiger partial charge is 0.490 e. The van der Waals surface area contributed by atoms with Gasteiger partial charge >= 0.3 is 0 Å². The molecule has 5 nitrogen and oxygen atoms in total. The van der Waals surface area contributed by atoms with Gasteiger partial charge in [0.25, 0.3) is 0 Å². The summed E-state index contributed by atoms with van der Waals surface area (Å²) in [6.45, 7) is 5.49. The summed E-state index contributed by atoms with van der Waals surface area (Å²) in [6.07, 6.45) is 3.33. The van der Waals surface area contributed by atoms with E-state index >= 15 is 0 Å². The second-order valence-electron chi connectivity index (χ2n) is 5.08. The molecule has 0 atom stereocenters. The highest BCUT2D eigenvalue weighted by Crippen LogP contribution is 2.29. The Hall–Kier alpha value is -2.34. The number of amides is 1. The van der Waals surface area contributed by atoms with Gasteiger partial charge in [0.2, 0.25) is 5.91 Å². The molecule has 0 spiro atoms. The van der Waals surface area contributed by atoms with E-state index in [0.29, 0.717) is 31.3 Å². The second kappa shape index (κ2) is 9.08. The van der Waals surface area contributed by atoms with Gasteiger partial charge in [-0.05, 0) is 37.6 Å². The van der Waals surface area contributed by atoms with Crippen LogP contribution < -0.4 is 9.47 Å². The van der Waals surface area contributed by atoms with Crippen LogP contribution in [0.1, 0.15) is 25.1 Å². The molecule has 0 aliphatic rings. The highest BCUT2D eigenvalue weighted by atomic mass is 32.1. The average Bonchev–Trinajstić information content (AvgIpc) is 3.08. The SMILES string of the molecule is CCOc1ccc(C=CC(=O)N(C)Cc2cscn2)cc1OCC. The van der Waals surface area contributed by atoms with E-state index in [4.69, 9.17) is 9.47 Å². The Balaban J connectivity index is 2.04. The van der Waals surface area contributed by atoms with Gasteiger partial charge in [-0.15, -0.1) is 11.3 Å². The predicted octanol–water partition coefficient (Wildman–Crippen LogP) is 3.61. The van der Waals surface area contributed by atoms with Crippen LogP contribution in [0.5, 0.6) is 11.5 Å². The van der Waals surface area contributed by atoms with Crippen molar-refractivity contribution in [1.29, 1.82) is 0 Å². The molecule has 0 saturated carbocycles. The van der Waals surface area contributed by atoms with Crippen molar-refractivity contribution >= 4 is 23.3 Å². The Morgan fingerprint density at radius 2 is 2.00 bits per heavy atom. The molecular formula is C18H22N2O3S. The van der Waals surface area contributed by atoms with E-state index in [2.05, 4.69) is 4.98 Å². The third-order valence-corrected chi connectivity index (χ3v) is 3.88. The van der Waals surface area contributed by atoms with Gasteiger partial charge in [-0.25, -0.2) is 4.98 Å². The molecule has 0 unspecified atom stereocenters. The van der Waals surface area contributed by atoms with Crippen molar-refractivity contribution in [3.8, 4) is 11.5 Å². The standard InChI is InChI=1S/C18H22N2O3S/c1-4-22-16-8-6-14(10-17(16)23-5-2)7-9-18(21)20(3)11-15-12-24-13-19-15/h6-10,12-13H,4-5,11H2,1-3H3. The number of aromatic nitrogens is 1. The van der Waals surface area contributed by atoms with Crippen molar-refractivity contribution in [3.05, 3.63) is 46.4 Å². The monoisotopic (exact) mass is 346 g/mol. The van der Waals surface area contributed by atoms with Gasteiger partial charge in [-0.1, -0.05) is 6.07 Å². The van der Waals surface area contributed by atoms with Crippen molar-refractivity contribution in [3.63, 3.8) is 0 Å². The maximum Gasteiger partial charge on any atom is 0.246 e. The number of likely N-dealkylation sites (N-methyl/N-ethyl adjacent to an activating group) is 1. The first-order valence-corrected chi connectivity index (χ1v) is 8.78. The lowest BCUT2D eigenvalue weighted by atomic mass is 10.2. The zero-order chi connectivity index (χ0) is 17.4. The van der Waals surface area contributed by atoms with Crippen LogP contribution >= 0.6 is 11.3 Å². The van der Waals surface area contributed by atoms with E-state index in [0.717, 1.165) is 11.3 Å². The lowest BCUT2D eigenvalue weighted by Crippen LogP contribution is -2.24. The van der Waals surface area contributed by atoms with Gasteiger partial charge in [0.15, 0.2) is 11.5 Å². The summed E-state index contributed by atoms with van der Waals surface area (Å²) in [5, 5.41) is 1.94. The van der Waals surface area contributed by atoms with Gasteiger partial charge in [0.1, 0.15) is 0 Å². The number of carbonyl (C=O) groups excluding carboxylic acids is 1. The molecule has 0 N–H and O–H groups in total. The molecule has 0 aliphatic heterocycles. The maximum absolute atomic E-state index is 12.2. The zero-order valence-corrected chi connectivity index (χ0v) is 15.0. The van der Waals surface area contributed by atoms with Crippen molar-refractivity contribution in [2.24, 2.45) is 0 Å². The summed E-state index contributed by atoms with van der Waals surface area (Å²) in [4.78, 5) is 18.0. The quantitative estimate of drug-likeness (QED) is 0.685. The maximum atomic E-state index is 12.2. The molecule has 0 bridgehead atoms. The molecule has 128 valence electrons. The Kier molecular flexibility index (Phi) is 6.81. The molecule has 1 amide bonds. The average molecular weight is 346 g/mol. The van der Waals surface area contributed by atoms with E-state index < -0.39 is 0 Å². The van der Waals surface area contributed by atoms with Crippen LogP contribution in [0.4, 0.5) is 0 Å². The summed E-state index contributed by atoms with van der Waals surface area (Å²) in [7, 11) is 1.76. The number of thiazole rings is 1. The van der Waals surface area contributed by atoms with Crippen molar-refractivity contribution in [1.82, 2.24) is 9.88 Å². The smallest absolute Gasteiger partial charge is 0.246 e. The summed E-state index contributed by atoms with van der Waals surface area (Å²) in [5.41, 5.74) is 3.54. The fourth-order valence-electron chi connectivity index (χ4n) is 2.10. The number of rotatable bonds is 8. The number of nitrogens with zero attached hydrogens (tertiary/aromatic N) is 2. The van der Waals surface area contributed by atoms with Gasteiger partial charge in [0.05, 0.1) is 31.0 Å². The van der Waals surface area contributed by atoms with Gasteiger partial charge in [-0.3, -0.25) is 4.79 Å². The Bertz CT molecular complexity index is 684. The molecule has 0 fully saturated rings. The third kappa shape index (κ3) is 5.09. The zero-order valence-electron chi connectivity index (χ0n) is 14.2. The van der Waals surface area contributed by atoms with Gasteiger partial charge in [0, 0.05) is 18.5 Å².